The highest BCUT2D eigenvalue weighted by Gasteiger charge is 2.18. The Labute approximate surface area is 122 Å². The van der Waals surface area contributed by atoms with E-state index in [0.717, 1.165) is 0 Å². The highest BCUT2D eigenvalue weighted by atomic mass is 16.1. The molecular weight excluding hydrogens is 266 g/mol. The minimum absolute atomic E-state index is 0.190. The van der Waals surface area contributed by atoms with Crippen LogP contribution in [0.25, 0.3) is 0 Å². The van der Waals surface area contributed by atoms with Crippen molar-refractivity contribution in [1.29, 1.82) is 5.26 Å². The van der Waals surface area contributed by atoms with Crippen molar-refractivity contribution in [2.24, 2.45) is 7.05 Å². The van der Waals surface area contributed by atoms with Crippen molar-refractivity contribution in [3.63, 3.8) is 0 Å². The lowest BCUT2D eigenvalue weighted by Gasteiger charge is -2.01. The Hall–Kier alpha value is -2.74. The Bertz CT molecular complexity index is 721. The van der Waals surface area contributed by atoms with Gasteiger partial charge in [-0.2, -0.15) is 10.4 Å². The average molecular weight is 281 g/mol. The molecule has 0 bridgehead atoms. The number of nitrogens with zero attached hydrogens (tertiary/aromatic N) is 3. The second kappa shape index (κ2) is 6.14. The zero-order chi connectivity index (χ0) is 15.4. The van der Waals surface area contributed by atoms with Crippen LogP contribution < -0.4 is 0 Å². The molecule has 1 heterocycles. The van der Waals surface area contributed by atoms with Crippen molar-refractivity contribution >= 4 is 11.6 Å². The van der Waals surface area contributed by atoms with E-state index in [-0.39, 0.29) is 18.0 Å². The molecule has 0 saturated heterocycles. The van der Waals surface area contributed by atoms with Gasteiger partial charge in [-0.15, -0.1) is 0 Å². The minimum Gasteiger partial charge on any atom is -0.294 e. The maximum absolute atomic E-state index is 12.2. The van der Waals surface area contributed by atoms with Gasteiger partial charge in [0.25, 0.3) is 0 Å². The van der Waals surface area contributed by atoms with Gasteiger partial charge < -0.3 is 0 Å². The molecule has 0 radical (unpaired) electrons. The summed E-state index contributed by atoms with van der Waals surface area (Å²) in [6, 6.07) is 8.26. The number of ketones is 2. The molecular formula is C16H15N3O2. The van der Waals surface area contributed by atoms with Crippen LogP contribution in [0.4, 0.5) is 0 Å². The van der Waals surface area contributed by atoms with E-state index in [1.165, 1.54) is 0 Å². The van der Waals surface area contributed by atoms with Crippen molar-refractivity contribution in [2.75, 3.05) is 0 Å². The number of aromatic nitrogens is 2. The topological polar surface area (TPSA) is 75.8 Å². The van der Waals surface area contributed by atoms with E-state index in [4.69, 9.17) is 5.26 Å². The Morgan fingerprint density at radius 1 is 1.24 bits per heavy atom. The Kier molecular flexibility index (Phi) is 4.29. The van der Waals surface area contributed by atoms with Gasteiger partial charge in [0, 0.05) is 18.8 Å². The standard InChI is InChI=1S/C16H15N3O2/c1-3-14-13(10-19(2)18-14)16(21)8-15(20)12-6-4-11(9-17)5-7-12/h4-7,10H,3,8H2,1-2H3. The first kappa shape index (κ1) is 14.7. The lowest BCUT2D eigenvalue weighted by atomic mass is 10.0. The van der Waals surface area contributed by atoms with E-state index in [1.54, 1.807) is 42.2 Å². The number of aryl methyl sites for hydroxylation is 2. The average Bonchev–Trinajstić information content (AvgIpc) is 2.88. The molecule has 2 rings (SSSR count). The summed E-state index contributed by atoms with van der Waals surface area (Å²) in [6.07, 6.45) is 2.10. The molecule has 0 N–H and O–H groups in total. The summed E-state index contributed by atoms with van der Waals surface area (Å²) < 4.78 is 1.58. The number of hydrogen-bond donors (Lipinski definition) is 0. The summed E-state index contributed by atoms with van der Waals surface area (Å²) in [7, 11) is 1.75. The van der Waals surface area contributed by atoms with Gasteiger partial charge in [0.1, 0.15) is 0 Å². The molecule has 0 amide bonds. The number of benzene rings is 1. The third-order valence-corrected chi connectivity index (χ3v) is 3.20. The third kappa shape index (κ3) is 3.23. The van der Waals surface area contributed by atoms with E-state index < -0.39 is 0 Å². The first-order valence-corrected chi connectivity index (χ1v) is 6.64. The number of hydrogen-bond acceptors (Lipinski definition) is 4. The van der Waals surface area contributed by atoms with Crippen LogP contribution in [-0.2, 0) is 13.5 Å². The minimum atomic E-state index is -0.254. The molecule has 0 atom stereocenters. The van der Waals surface area contributed by atoms with E-state index >= 15 is 0 Å². The summed E-state index contributed by atoms with van der Waals surface area (Å²) in [5.41, 5.74) is 2.12. The van der Waals surface area contributed by atoms with Gasteiger partial charge in [-0.1, -0.05) is 19.1 Å². The van der Waals surface area contributed by atoms with E-state index in [0.29, 0.717) is 28.8 Å². The molecule has 0 unspecified atom stereocenters. The highest BCUT2D eigenvalue weighted by molar-refractivity contribution is 6.13. The smallest absolute Gasteiger partial charge is 0.174 e. The number of carbonyl (C=O) groups excluding carboxylic acids is 2. The fourth-order valence-electron chi connectivity index (χ4n) is 2.10. The molecule has 106 valence electrons. The van der Waals surface area contributed by atoms with E-state index in [2.05, 4.69) is 5.10 Å². The number of rotatable bonds is 5. The Morgan fingerprint density at radius 2 is 1.90 bits per heavy atom. The zero-order valence-electron chi connectivity index (χ0n) is 12.0. The maximum atomic E-state index is 12.2. The fraction of sp³-hybridized carbons (Fsp3) is 0.250. The van der Waals surface area contributed by atoms with Crippen LogP contribution in [0.1, 0.15) is 45.3 Å². The molecule has 1 aromatic heterocycles. The largest absolute Gasteiger partial charge is 0.294 e. The fourth-order valence-corrected chi connectivity index (χ4v) is 2.10. The van der Waals surface area contributed by atoms with Crippen LogP contribution >= 0.6 is 0 Å². The van der Waals surface area contributed by atoms with Crippen LogP contribution in [0.3, 0.4) is 0 Å². The predicted octanol–water partition coefficient (Wildman–Crippen LogP) is 2.31. The molecule has 2 aromatic rings. The van der Waals surface area contributed by atoms with Gasteiger partial charge >= 0.3 is 0 Å². The molecule has 0 fully saturated rings. The van der Waals surface area contributed by atoms with Crippen LogP contribution in [0.2, 0.25) is 0 Å². The van der Waals surface area contributed by atoms with Crippen molar-refractivity contribution in [2.45, 2.75) is 19.8 Å². The molecule has 0 aliphatic heterocycles. The highest BCUT2D eigenvalue weighted by Crippen LogP contribution is 2.13. The van der Waals surface area contributed by atoms with Crippen molar-refractivity contribution in [3.8, 4) is 6.07 Å². The molecule has 0 spiro atoms. The number of nitriles is 1. The zero-order valence-corrected chi connectivity index (χ0v) is 12.0. The SMILES string of the molecule is CCc1nn(C)cc1C(=O)CC(=O)c1ccc(C#N)cc1. The quantitative estimate of drug-likeness (QED) is 0.622. The second-order valence-electron chi connectivity index (χ2n) is 4.73. The van der Waals surface area contributed by atoms with Gasteiger partial charge in [0.05, 0.1) is 29.3 Å². The van der Waals surface area contributed by atoms with Crippen LogP contribution in [0.5, 0.6) is 0 Å². The normalized spacial score (nSPS) is 10.1. The van der Waals surface area contributed by atoms with Gasteiger partial charge in [-0.3, -0.25) is 14.3 Å². The third-order valence-electron chi connectivity index (χ3n) is 3.20. The van der Waals surface area contributed by atoms with E-state index in [1.807, 2.05) is 13.0 Å². The molecule has 0 saturated carbocycles. The molecule has 5 heteroatoms. The first-order chi connectivity index (χ1) is 10.0. The van der Waals surface area contributed by atoms with E-state index in [9.17, 15) is 9.59 Å². The number of carbonyl (C=O) groups is 2. The van der Waals surface area contributed by atoms with Crippen LogP contribution in [0.15, 0.2) is 30.5 Å². The lowest BCUT2D eigenvalue weighted by Crippen LogP contribution is -2.09. The second-order valence-corrected chi connectivity index (χ2v) is 4.73. The monoisotopic (exact) mass is 281 g/mol. The van der Waals surface area contributed by atoms with Crippen LogP contribution in [0, 0.1) is 11.3 Å². The Morgan fingerprint density at radius 3 is 2.48 bits per heavy atom. The van der Waals surface area contributed by atoms with Gasteiger partial charge in [0.2, 0.25) is 0 Å². The summed E-state index contributed by atoms with van der Waals surface area (Å²) >= 11 is 0. The van der Waals surface area contributed by atoms with Gasteiger partial charge in [-0.05, 0) is 18.6 Å². The Balaban J connectivity index is 2.14. The maximum Gasteiger partial charge on any atom is 0.174 e. The molecule has 0 aliphatic carbocycles. The predicted molar refractivity (Wildman–Crippen MR) is 77.0 cm³/mol. The summed E-state index contributed by atoms with van der Waals surface area (Å²) in [4.78, 5) is 24.3. The first-order valence-electron chi connectivity index (χ1n) is 6.64. The summed E-state index contributed by atoms with van der Waals surface area (Å²) in [5.74, 6) is -0.482. The summed E-state index contributed by atoms with van der Waals surface area (Å²) in [6.45, 7) is 1.92. The summed E-state index contributed by atoms with van der Waals surface area (Å²) in [5, 5.41) is 12.9. The van der Waals surface area contributed by atoms with Crippen LogP contribution in [-0.4, -0.2) is 21.3 Å². The van der Waals surface area contributed by atoms with Crippen molar-refractivity contribution in [3.05, 3.63) is 52.8 Å². The molecule has 21 heavy (non-hydrogen) atoms. The number of Topliss-reactive ketones (excluding diaryl/α,β-unsaturated/α-hetero) is 2. The molecule has 0 aliphatic rings. The van der Waals surface area contributed by atoms with Crippen molar-refractivity contribution in [1.82, 2.24) is 9.78 Å². The van der Waals surface area contributed by atoms with Gasteiger partial charge in [-0.25, -0.2) is 0 Å². The lowest BCUT2D eigenvalue weighted by molar-refractivity contribution is 0.0894. The molecule has 5 nitrogen and oxygen atoms in total. The molecule has 1 aromatic carbocycles. The van der Waals surface area contributed by atoms with Crippen molar-refractivity contribution < 1.29 is 9.59 Å². The van der Waals surface area contributed by atoms with Gasteiger partial charge in [0.15, 0.2) is 11.6 Å².